The minimum atomic E-state index is -4.62. The molecule has 300 valence electrons. The van der Waals surface area contributed by atoms with E-state index < -0.39 is 32.5 Å². The standard InChI is InChI=1S/C41H78NO8P/c1-6-8-10-12-14-16-18-20-21-22-24-26-28-30-32-34-41(44)50-39(38-49-51(45,46)48-36-35-42(3,4)5)37-47-40(43)33-31-29-27-25-23-19-17-15-13-11-9-7-2/h15,17,20-21,39H,6-14,16,18-19,22-38H2,1-5H3/b17-15-,21-20-. The normalized spacial score (nSPS) is 13.9. The third-order valence-corrected chi connectivity index (χ3v) is 9.66. The van der Waals surface area contributed by atoms with Gasteiger partial charge in [0.25, 0.3) is 7.82 Å². The van der Waals surface area contributed by atoms with Gasteiger partial charge in [-0.15, -0.1) is 0 Å². The zero-order valence-electron chi connectivity index (χ0n) is 33.6. The molecule has 0 heterocycles. The fourth-order valence-corrected chi connectivity index (χ4v) is 6.14. The van der Waals surface area contributed by atoms with Gasteiger partial charge in [0, 0.05) is 12.8 Å². The van der Waals surface area contributed by atoms with E-state index in [-0.39, 0.29) is 26.1 Å². The second kappa shape index (κ2) is 34.3. The Bertz CT molecular complexity index is 933. The number of carbonyl (C=O) groups is 2. The molecule has 2 unspecified atom stereocenters. The second-order valence-corrected chi connectivity index (χ2v) is 16.4. The van der Waals surface area contributed by atoms with Crippen molar-refractivity contribution in [2.45, 2.75) is 180 Å². The van der Waals surface area contributed by atoms with Crippen LogP contribution in [0, 0.1) is 0 Å². The van der Waals surface area contributed by atoms with Crippen molar-refractivity contribution < 1.29 is 42.1 Å². The van der Waals surface area contributed by atoms with Crippen molar-refractivity contribution in [2.75, 3.05) is 47.5 Å². The summed E-state index contributed by atoms with van der Waals surface area (Å²) in [5.41, 5.74) is 0. The Kier molecular flexibility index (Phi) is 33.3. The maximum Gasteiger partial charge on any atom is 0.306 e. The highest BCUT2D eigenvalue weighted by Gasteiger charge is 2.21. The Morgan fingerprint density at radius 2 is 1.00 bits per heavy atom. The molecule has 0 aliphatic rings. The minimum absolute atomic E-state index is 0.0328. The Morgan fingerprint density at radius 3 is 1.49 bits per heavy atom. The lowest BCUT2D eigenvalue weighted by molar-refractivity contribution is -0.870. The molecule has 0 saturated heterocycles. The van der Waals surface area contributed by atoms with Crippen LogP contribution in [0.4, 0.5) is 0 Å². The van der Waals surface area contributed by atoms with Gasteiger partial charge >= 0.3 is 11.9 Å². The summed E-state index contributed by atoms with van der Waals surface area (Å²) in [6.07, 6.45) is 34.8. The van der Waals surface area contributed by atoms with E-state index in [1.807, 2.05) is 21.1 Å². The number of hydrogen-bond donors (Lipinski definition) is 0. The monoisotopic (exact) mass is 744 g/mol. The molecule has 0 aliphatic heterocycles. The van der Waals surface area contributed by atoms with Crippen LogP contribution in [0.3, 0.4) is 0 Å². The van der Waals surface area contributed by atoms with E-state index in [4.69, 9.17) is 18.5 Å². The molecule has 9 nitrogen and oxygen atoms in total. The van der Waals surface area contributed by atoms with Crippen LogP contribution in [-0.4, -0.2) is 70.0 Å². The highest BCUT2D eigenvalue weighted by Crippen LogP contribution is 2.38. The van der Waals surface area contributed by atoms with E-state index in [1.165, 1.54) is 70.6 Å². The maximum absolute atomic E-state index is 12.6. The van der Waals surface area contributed by atoms with Crippen molar-refractivity contribution in [3.63, 3.8) is 0 Å². The first kappa shape index (κ1) is 49.5. The van der Waals surface area contributed by atoms with E-state index in [1.54, 1.807) is 0 Å². The van der Waals surface area contributed by atoms with E-state index >= 15 is 0 Å². The predicted molar refractivity (Wildman–Crippen MR) is 208 cm³/mol. The first-order valence-corrected chi connectivity index (χ1v) is 22.0. The summed E-state index contributed by atoms with van der Waals surface area (Å²) >= 11 is 0. The SMILES string of the molecule is CCCCC/C=C\CCCCCCCC(=O)OCC(COP(=O)([O-])OCC[N+](C)(C)C)OC(=O)CCCCCCC/C=C\CCCCCCCC. The lowest BCUT2D eigenvalue weighted by Gasteiger charge is -2.28. The molecule has 0 amide bonds. The van der Waals surface area contributed by atoms with Crippen molar-refractivity contribution in [1.82, 2.24) is 0 Å². The number of phosphoric acid groups is 1. The molecular weight excluding hydrogens is 665 g/mol. The Balaban J connectivity index is 4.42. The Morgan fingerprint density at radius 1 is 0.588 bits per heavy atom. The maximum atomic E-state index is 12.6. The van der Waals surface area contributed by atoms with Gasteiger partial charge in [0.1, 0.15) is 19.8 Å². The molecule has 10 heteroatoms. The van der Waals surface area contributed by atoms with Gasteiger partial charge < -0.3 is 27.9 Å². The highest BCUT2D eigenvalue weighted by atomic mass is 31.2. The number of hydrogen-bond acceptors (Lipinski definition) is 8. The summed E-state index contributed by atoms with van der Waals surface area (Å²) in [4.78, 5) is 37.4. The summed E-state index contributed by atoms with van der Waals surface area (Å²) in [6.45, 7) is 4.17. The molecule has 0 aromatic heterocycles. The molecule has 0 aliphatic carbocycles. The van der Waals surface area contributed by atoms with Crippen molar-refractivity contribution in [1.29, 1.82) is 0 Å². The fourth-order valence-electron chi connectivity index (χ4n) is 5.41. The van der Waals surface area contributed by atoms with Gasteiger partial charge in [0.05, 0.1) is 27.7 Å². The van der Waals surface area contributed by atoms with Crippen LogP contribution < -0.4 is 4.89 Å². The topological polar surface area (TPSA) is 111 Å². The van der Waals surface area contributed by atoms with Crippen LogP contribution in [0.25, 0.3) is 0 Å². The van der Waals surface area contributed by atoms with E-state index in [0.717, 1.165) is 70.6 Å². The van der Waals surface area contributed by atoms with E-state index in [9.17, 15) is 19.0 Å². The highest BCUT2D eigenvalue weighted by molar-refractivity contribution is 7.45. The lowest BCUT2D eigenvalue weighted by Crippen LogP contribution is -2.37. The number of likely N-dealkylation sites (N-methyl/N-ethyl adjacent to an activating group) is 1. The number of esters is 2. The Hall–Kier alpha value is -1.51. The molecule has 0 saturated carbocycles. The number of rotatable bonds is 37. The third kappa shape index (κ3) is 38.0. The first-order valence-electron chi connectivity index (χ1n) is 20.5. The van der Waals surface area contributed by atoms with Crippen molar-refractivity contribution in [3.8, 4) is 0 Å². The summed E-state index contributed by atoms with van der Waals surface area (Å²) < 4.78 is 33.8. The minimum Gasteiger partial charge on any atom is -0.756 e. The van der Waals surface area contributed by atoms with Gasteiger partial charge in [-0.3, -0.25) is 14.2 Å². The zero-order chi connectivity index (χ0) is 37.9. The first-order chi connectivity index (χ1) is 24.5. The average Bonchev–Trinajstić information content (AvgIpc) is 3.07. The molecule has 0 aromatic carbocycles. The van der Waals surface area contributed by atoms with Gasteiger partial charge in [-0.2, -0.15) is 0 Å². The second-order valence-electron chi connectivity index (χ2n) is 15.0. The lowest BCUT2D eigenvalue weighted by atomic mass is 10.1. The molecule has 0 N–H and O–H groups in total. The molecule has 0 fully saturated rings. The molecule has 0 bridgehead atoms. The van der Waals surface area contributed by atoms with Crippen molar-refractivity contribution in [3.05, 3.63) is 24.3 Å². The van der Waals surface area contributed by atoms with Crippen LogP contribution in [0.15, 0.2) is 24.3 Å². The van der Waals surface area contributed by atoms with Crippen LogP contribution >= 0.6 is 7.82 Å². The quantitative estimate of drug-likeness (QED) is 0.0203. The van der Waals surface area contributed by atoms with Crippen molar-refractivity contribution in [2.24, 2.45) is 0 Å². The Labute approximate surface area is 313 Å². The molecule has 0 aromatic rings. The summed E-state index contributed by atoms with van der Waals surface area (Å²) in [5.74, 6) is -0.854. The number of phosphoric ester groups is 1. The molecule has 51 heavy (non-hydrogen) atoms. The summed E-state index contributed by atoms with van der Waals surface area (Å²) in [7, 11) is 1.16. The van der Waals surface area contributed by atoms with E-state index in [2.05, 4.69) is 38.2 Å². The van der Waals surface area contributed by atoms with Crippen molar-refractivity contribution >= 4 is 19.8 Å². The third-order valence-electron chi connectivity index (χ3n) is 8.69. The van der Waals surface area contributed by atoms with Gasteiger partial charge in [0.15, 0.2) is 6.10 Å². The number of ether oxygens (including phenoxy) is 2. The average molecular weight is 744 g/mol. The van der Waals surface area contributed by atoms with Crippen LogP contribution in [0.2, 0.25) is 0 Å². The molecule has 0 radical (unpaired) electrons. The van der Waals surface area contributed by atoms with Crippen LogP contribution in [-0.2, 0) is 32.7 Å². The number of allylic oxidation sites excluding steroid dienone is 4. The van der Waals surface area contributed by atoms with Crippen LogP contribution in [0.1, 0.15) is 174 Å². The molecular formula is C41H78NO8P. The smallest absolute Gasteiger partial charge is 0.306 e. The largest absolute Gasteiger partial charge is 0.756 e. The van der Waals surface area contributed by atoms with Gasteiger partial charge in [-0.05, 0) is 64.2 Å². The molecule has 0 spiro atoms. The van der Waals surface area contributed by atoms with E-state index in [0.29, 0.717) is 17.4 Å². The molecule has 0 rings (SSSR count). The van der Waals surface area contributed by atoms with Gasteiger partial charge in [0.2, 0.25) is 0 Å². The summed E-state index contributed by atoms with van der Waals surface area (Å²) in [6, 6.07) is 0. The van der Waals surface area contributed by atoms with Gasteiger partial charge in [-0.1, -0.05) is 122 Å². The number of unbranched alkanes of at least 4 members (excludes halogenated alkanes) is 19. The zero-order valence-corrected chi connectivity index (χ0v) is 34.4. The number of nitrogens with zero attached hydrogens (tertiary/aromatic N) is 1. The molecule has 2 atom stereocenters. The number of carbonyl (C=O) groups excluding carboxylic acids is 2. The summed E-state index contributed by atoms with van der Waals surface area (Å²) in [5, 5.41) is 0. The van der Waals surface area contributed by atoms with Gasteiger partial charge in [-0.25, -0.2) is 0 Å². The predicted octanol–water partition coefficient (Wildman–Crippen LogP) is 10.6. The fraction of sp³-hybridized carbons (Fsp3) is 0.854. The van der Waals surface area contributed by atoms with Crippen LogP contribution in [0.5, 0.6) is 0 Å². The number of quaternary nitrogens is 1.